The number of nitrogens with two attached hydrogens (primary N) is 1. The van der Waals surface area contributed by atoms with E-state index < -0.39 is 10.7 Å². The second-order valence-corrected chi connectivity index (χ2v) is 9.62. The van der Waals surface area contributed by atoms with Crippen molar-refractivity contribution >= 4 is 33.4 Å². The molecule has 1 fully saturated rings. The molecule has 6 nitrogen and oxygen atoms in total. The van der Waals surface area contributed by atoms with Gasteiger partial charge in [-0.15, -0.1) is 0 Å². The number of benzene rings is 2. The number of aryl methyl sites for hydroxylation is 1. The third kappa shape index (κ3) is 3.49. The van der Waals surface area contributed by atoms with Crippen LogP contribution in [-0.4, -0.2) is 41.4 Å². The molecule has 2 atom stereocenters. The second-order valence-electron chi connectivity index (χ2n) is 7.99. The Balaban J connectivity index is 1.60. The quantitative estimate of drug-likeness (QED) is 0.683. The van der Waals surface area contributed by atoms with Gasteiger partial charge in [-0.1, -0.05) is 40.5 Å². The minimum Gasteiger partial charge on any atom is -0.354 e. The van der Waals surface area contributed by atoms with Crippen LogP contribution in [0.1, 0.15) is 17.5 Å². The van der Waals surface area contributed by atoms with E-state index in [2.05, 4.69) is 53.1 Å². The van der Waals surface area contributed by atoms with E-state index in [-0.39, 0.29) is 6.04 Å². The molecule has 7 heteroatoms. The predicted molar refractivity (Wildman–Crippen MR) is 120 cm³/mol. The van der Waals surface area contributed by atoms with Gasteiger partial charge in [0.05, 0.1) is 5.52 Å². The van der Waals surface area contributed by atoms with Gasteiger partial charge in [-0.25, -0.2) is 4.98 Å². The lowest BCUT2D eigenvalue weighted by Gasteiger charge is -2.25. The van der Waals surface area contributed by atoms with Crippen LogP contribution < -0.4 is 15.5 Å². The average Bonchev–Trinajstić information content (AvgIpc) is 3.08. The summed E-state index contributed by atoms with van der Waals surface area (Å²) in [6.45, 7) is 5.40. The summed E-state index contributed by atoms with van der Waals surface area (Å²) in [6.07, 6.45) is 0.991. The molecule has 29 heavy (non-hydrogen) atoms. The molecule has 0 saturated carbocycles. The third-order valence-electron chi connectivity index (χ3n) is 5.79. The van der Waals surface area contributed by atoms with Gasteiger partial charge in [0.25, 0.3) is 0 Å². The van der Waals surface area contributed by atoms with Crippen LogP contribution in [-0.2, 0) is 17.2 Å². The molecular weight excluding hydrogens is 380 g/mol. The lowest BCUT2D eigenvalue weighted by molar-refractivity contribution is 0.751. The van der Waals surface area contributed by atoms with Crippen molar-refractivity contribution in [3.8, 4) is 0 Å². The second kappa shape index (κ2) is 7.39. The molecule has 1 unspecified atom stereocenters. The van der Waals surface area contributed by atoms with Gasteiger partial charge in [-0.2, -0.15) is 4.98 Å². The minimum atomic E-state index is -0.493. The minimum absolute atomic E-state index is 0.198. The first-order valence-electron chi connectivity index (χ1n) is 10.1. The monoisotopic (exact) mass is 406 g/mol. The van der Waals surface area contributed by atoms with Gasteiger partial charge in [0, 0.05) is 48.3 Å². The summed E-state index contributed by atoms with van der Waals surface area (Å²) < 4.78 is 8.54. The largest absolute Gasteiger partial charge is 0.354 e. The van der Waals surface area contributed by atoms with Crippen LogP contribution in [0.5, 0.6) is 0 Å². The molecule has 0 radical (unpaired) electrons. The summed E-state index contributed by atoms with van der Waals surface area (Å²) in [6, 6.07) is 14.9. The Morgan fingerprint density at radius 1 is 1.10 bits per heavy atom. The van der Waals surface area contributed by atoms with Crippen molar-refractivity contribution in [2.75, 3.05) is 35.2 Å². The van der Waals surface area contributed by atoms with Crippen molar-refractivity contribution in [2.24, 2.45) is 5.73 Å². The Bertz CT molecular complexity index is 1100. The van der Waals surface area contributed by atoms with E-state index >= 15 is 0 Å². The molecule has 0 spiro atoms. The first-order valence-corrected chi connectivity index (χ1v) is 11.5. The summed E-state index contributed by atoms with van der Waals surface area (Å²) in [5.74, 6) is 2.55. The summed E-state index contributed by atoms with van der Waals surface area (Å²) in [5.41, 5.74) is 9.58. The molecular formula is C22H26N6S. The molecule has 2 aliphatic rings. The van der Waals surface area contributed by atoms with Crippen LogP contribution in [0.4, 0.5) is 11.8 Å². The topological polar surface area (TPSA) is 82.1 Å². The summed E-state index contributed by atoms with van der Waals surface area (Å²) in [7, 11) is -0.493. The number of nitrogens with zero attached hydrogens (tertiary/aromatic N) is 4. The number of anilines is 2. The number of rotatable bonds is 2. The van der Waals surface area contributed by atoms with Gasteiger partial charge >= 0.3 is 0 Å². The van der Waals surface area contributed by atoms with Crippen molar-refractivity contribution < 1.29 is 0 Å². The highest BCUT2D eigenvalue weighted by atomic mass is 32.2. The van der Waals surface area contributed by atoms with Crippen LogP contribution in [0.2, 0.25) is 0 Å². The SMILES string of the molecule is Cc1ccc2nc(N3CCS(=N)c4ccccc4C3)nc(N3CC[C@@H](N)C3)c2c1. The van der Waals surface area contributed by atoms with E-state index in [1.807, 2.05) is 6.07 Å². The van der Waals surface area contributed by atoms with Gasteiger partial charge in [-0.05, 0) is 37.1 Å². The molecule has 1 saturated heterocycles. The van der Waals surface area contributed by atoms with E-state index in [9.17, 15) is 0 Å². The van der Waals surface area contributed by atoms with E-state index in [1.165, 1.54) is 11.1 Å². The number of nitrogens with one attached hydrogen (secondary N) is 1. The highest BCUT2D eigenvalue weighted by molar-refractivity contribution is 7.86. The number of hydrogen-bond acceptors (Lipinski definition) is 6. The van der Waals surface area contributed by atoms with E-state index in [0.717, 1.165) is 65.9 Å². The van der Waals surface area contributed by atoms with Crippen molar-refractivity contribution in [3.63, 3.8) is 0 Å². The number of fused-ring (bicyclic) bond motifs is 2. The van der Waals surface area contributed by atoms with Gasteiger partial charge in [0.15, 0.2) is 0 Å². The smallest absolute Gasteiger partial charge is 0.228 e. The highest BCUT2D eigenvalue weighted by Gasteiger charge is 2.25. The first-order chi connectivity index (χ1) is 14.1. The fourth-order valence-electron chi connectivity index (χ4n) is 4.22. The molecule has 0 aliphatic carbocycles. The van der Waals surface area contributed by atoms with E-state index in [0.29, 0.717) is 0 Å². The number of hydrogen-bond donors (Lipinski definition) is 2. The van der Waals surface area contributed by atoms with Gasteiger partial charge in [0.1, 0.15) is 5.82 Å². The van der Waals surface area contributed by atoms with Gasteiger partial charge < -0.3 is 15.5 Å². The summed E-state index contributed by atoms with van der Waals surface area (Å²) >= 11 is 0. The van der Waals surface area contributed by atoms with Crippen molar-refractivity contribution in [1.29, 1.82) is 4.78 Å². The lowest BCUT2D eigenvalue weighted by Crippen LogP contribution is -2.30. The van der Waals surface area contributed by atoms with Crippen molar-refractivity contribution in [3.05, 3.63) is 53.6 Å². The first kappa shape index (κ1) is 18.5. The van der Waals surface area contributed by atoms with Crippen LogP contribution in [0, 0.1) is 11.7 Å². The summed E-state index contributed by atoms with van der Waals surface area (Å²) in [5, 5.41) is 1.10. The molecule has 1 aromatic heterocycles. The predicted octanol–water partition coefficient (Wildman–Crippen LogP) is 3.24. The maximum Gasteiger partial charge on any atom is 0.228 e. The van der Waals surface area contributed by atoms with Crippen LogP contribution in [0.25, 0.3) is 10.9 Å². The Morgan fingerprint density at radius 3 is 2.79 bits per heavy atom. The lowest BCUT2D eigenvalue weighted by atomic mass is 10.1. The van der Waals surface area contributed by atoms with Crippen molar-refractivity contribution in [2.45, 2.75) is 30.8 Å². The Hall–Kier alpha value is -2.51. The Morgan fingerprint density at radius 2 is 1.97 bits per heavy atom. The molecule has 3 N–H and O–H groups in total. The van der Waals surface area contributed by atoms with Crippen LogP contribution >= 0.6 is 0 Å². The molecule has 2 aliphatic heterocycles. The van der Waals surface area contributed by atoms with Gasteiger partial charge in [0.2, 0.25) is 5.95 Å². The van der Waals surface area contributed by atoms with Crippen molar-refractivity contribution in [1.82, 2.24) is 9.97 Å². The van der Waals surface area contributed by atoms with E-state index in [1.54, 1.807) is 0 Å². The van der Waals surface area contributed by atoms with Gasteiger partial charge in [-0.3, -0.25) is 4.78 Å². The fourth-order valence-corrected chi connectivity index (χ4v) is 5.53. The average molecular weight is 407 g/mol. The van der Waals surface area contributed by atoms with Crippen LogP contribution in [0.3, 0.4) is 0 Å². The fraction of sp³-hybridized carbons (Fsp3) is 0.364. The zero-order valence-corrected chi connectivity index (χ0v) is 17.5. The molecule has 5 rings (SSSR count). The molecule has 150 valence electrons. The standard InChI is InChI=1S/C22H26N6S/c1-15-6-7-19-18(12-15)21(27-9-8-17(23)14-27)26-22(25-19)28-10-11-29(24)20-5-3-2-4-16(20)13-28/h2-7,12,17,24H,8-11,13-14,23H2,1H3/t17-,29?/m1/s1. The summed E-state index contributed by atoms with van der Waals surface area (Å²) in [4.78, 5) is 15.7. The maximum absolute atomic E-state index is 8.54. The number of aromatic nitrogens is 2. The normalized spacial score (nSPS) is 22.0. The molecule has 0 amide bonds. The maximum atomic E-state index is 8.54. The third-order valence-corrected chi connectivity index (χ3v) is 7.31. The van der Waals surface area contributed by atoms with Crippen LogP contribution in [0.15, 0.2) is 47.4 Å². The zero-order chi connectivity index (χ0) is 20.0. The Labute approximate surface area is 173 Å². The molecule has 3 heterocycles. The molecule has 2 aromatic carbocycles. The molecule has 0 bridgehead atoms. The zero-order valence-electron chi connectivity index (χ0n) is 16.6. The molecule has 3 aromatic rings. The highest BCUT2D eigenvalue weighted by Crippen LogP contribution is 2.31. The van der Waals surface area contributed by atoms with E-state index in [4.69, 9.17) is 20.5 Å². The Kier molecular flexibility index (Phi) is 4.72.